The molecular formula is C13H19NOS. The molecule has 0 saturated heterocycles. The van der Waals surface area contributed by atoms with Gasteiger partial charge in [0.25, 0.3) is 0 Å². The van der Waals surface area contributed by atoms with Gasteiger partial charge in [0.05, 0.1) is 16.0 Å². The third-order valence-electron chi connectivity index (χ3n) is 3.49. The number of hydrogen-bond donors (Lipinski definition) is 1. The molecule has 1 aromatic rings. The lowest BCUT2D eigenvalue weighted by molar-refractivity contribution is 0.648. The van der Waals surface area contributed by atoms with E-state index < -0.39 is 10.8 Å². The van der Waals surface area contributed by atoms with Gasteiger partial charge < -0.3 is 5.73 Å². The van der Waals surface area contributed by atoms with Gasteiger partial charge in [-0.25, -0.2) is 0 Å². The van der Waals surface area contributed by atoms with Crippen molar-refractivity contribution in [1.29, 1.82) is 0 Å². The molecule has 0 amide bonds. The smallest absolute Gasteiger partial charge is 0.0576 e. The second-order valence-electron chi connectivity index (χ2n) is 4.68. The second kappa shape index (κ2) is 4.68. The number of nitrogens with two attached hydrogens (primary N) is 1. The normalized spacial score (nSPS) is 26.9. The SMILES string of the molecule is Cc1ccc(S(=O)C2CCCC2N)cc1C. The quantitative estimate of drug-likeness (QED) is 0.857. The summed E-state index contributed by atoms with van der Waals surface area (Å²) in [5.74, 6) is 0. The van der Waals surface area contributed by atoms with Crippen molar-refractivity contribution in [3.05, 3.63) is 29.3 Å². The van der Waals surface area contributed by atoms with Gasteiger partial charge in [0.1, 0.15) is 0 Å². The Hall–Kier alpha value is -0.670. The summed E-state index contributed by atoms with van der Waals surface area (Å²) in [4.78, 5) is 0.936. The minimum atomic E-state index is -0.932. The van der Waals surface area contributed by atoms with Gasteiger partial charge in [-0.15, -0.1) is 0 Å². The lowest BCUT2D eigenvalue weighted by Gasteiger charge is -2.15. The minimum Gasteiger partial charge on any atom is -0.327 e. The van der Waals surface area contributed by atoms with Crippen LogP contribution in [0.15, 0.2) is 23.1 Å². The molecule has 2 nitrogen and oxygen atoms in total. The van der Waals surface area contributed by atoms with Gasteiger partial charge in [0, 0.05) is 10.9 Å². The van der Waals surface area contributed by atoms with Crippen LogP contribution in [0.5, 0.6) is 0 Å². The highest BCUT2D eigenvalue weighted by molar-refractivity contribution is 7.85. The molecule has 1 fully saturated rings. The van der Waals surface area contributed by atoms with Crippen molar-refractivity contribution in [2.75, 3.05) is 0 Å². The summed E-state index contributed by atoms with van der Waals surface area (Å²) in [6.45, 7) is 4.13. The lowest BCUT2D eigenvalue weighted by Crippen LogP contribution is -2.32. The molecule has 88 valence electrons. The molecule has 0 aromatic heterocycles. The van der Waals surface area contributed by atoms with Gasteiger partial charge in [-0.05, 0) is 49.9 Å². The Labute approximate surface area is 99.7 Å². The molecule has 3 heteroatoms. The predicted molar refractivity (Wildman–Crippen MR) is 67.9 cm³/mol. The van der Waals surface area contributed by atoms with Crippen LogP contribution in [0.2, 0.25) is 0 Å². The maximum atomic E-state index is 12.4. The van der Waals surface area contributed by atoms with E-state index in [1.165, 1.54) is 11.1 Å². The van der Waals surface area contributed by atoms with Crippen LogP contribution in [-0.2, 0) is 10.8 Å². The number of hydrogen-bond acceptors (Lipinski definition) is 2. The maximum absolute atomic E-state index is 12.4. The molecule has 3 unspecified atom stereocenters. The first kappa shape index (κ1) is 11.8. The van der Waals surface area contributed by atoms with Crippen LogP contribution in [0, 0.1) is 13.8 Å². The molecule has 1 aromatic carbocycles. The first-order valence-electron chi connectivity index (χ1n) is 5.83. The molecule has 0 bridgehead atoms. The van der Waals surface area contributed by atoms with E-state index in [9.17, 15) is 4.21 Å². The standard InChI is InChI=1S/C13H19NOS/c1-9-6-7-11(8-10(9)2)16(15)13-5-3-4-12(13)14/h6-8,12-13H,3-5,14H2,1-2H3. The zero-order chi connectivity index (χ0) is 11.7. The third kappa shape index (κ3) is 2.20. The van der Waals surface area contributed by atoms with Crippen molar-refractivity contribution in [2.45, 2.75) is 49.3 Å². The van der Waals surface area contributed by atoms with E-state index in [0.717, 1.165) is 24.2 Å². The molecule has 1 aliphatic rings. The molecule has 16 heavy (non-hydrogen) atoms. The Balaban J connectivity index is 2.23. The zero-order valence-corrected chi connectivity index (χ0v) is 10.7. The highest BCUT2D eigenvalue weighted by Gasteiger charge is 2.29. The summed E-state index contributed by atoms with van der Waals surface area (Å²) in [7, 11) is -0.932. The molecule has 0 heterocycles. The van der Waals surface area contributed by atoms with Gasteiger partial charge in [-0.1, -0.05) is 12.5 Å². The van der Waals surface area contributed by atoms with E-state index in [2.05, 4.69) is 13.8 Å². The fourth-order valence-electron chi connectivity index (χ4n) is 2.23. The van der Waals surface area contributed by atoms with E-state index in [-0.39, 0.29) is 11.3 Å². The highest BCUT2D eigenvalue weighted by Crippen LogP contribution is 2.26. The zero-order valence-electron chi connectivity index (χ0n) is 9.90. The van der Waals surface area contributed by atoms with Crippen LogP contribution in [0.1, 0.15) is 30.4 Å². The predicted octanol–water partition coefficient (Wildman–Crippen LogP) is 2.29. The van der Waals surface area contributed by atoms with Crippen molar-refractivity contribution in [3.8, 4) is 0 Å². The summed E-state index contributed by atoms with van der Waals surface area (Å²) >= 11 is 0. The molecule has 3 atom stereocenters. The van der Waals surface area contributed by atoms with Crippen LogP contribution < -0.4 is 5.73 Å². The Kier molecular flexibility index (Phi) is 3.45. The summed E-state index contributed by atoms with van der Waals surface area (Å²) in [5.41, 5.74) is 8.44. The van der Waals surface area contributed by atoms with Crippen LogP contribution in [0.4, 0.5) is 0 Å². The van der Waals surface area contributed by atoms with Crippen molar-refractivity contribution < 1.29 is 4.21 Å². The summed E-state index contributed by atoms with van der Waals surface area (Å²) in [6.07, 6.45) is 3.13. The van der Waals surface area contributed by atoms with Crippen molar-refractivity contribution >= 4 is 10.8 Å². The molecule has 0 spiro atoms. The fraction of sp³-hybridized carbons (Fsp3) is 0.538. The van der Waals surface area contributed by atoms with Gasteiger partial charge in [0.2, 0.25) is 0 Å². The average molecular weight is 237 g/mol. The van der Waals surface area contributed by atoms with Gasteiger partial charge in [-0.3, -0.25) is 4.21 Å². The number of benzene rings is 1. The molecule has 1 aliphatic carbocycles. The molecular weight excluding hydrogens is 218 g/mol. The summed E-state index contributed by atoms with van der Waals surface area (Å²) in [6, 6.07) is 6.17. The Bertz CT molecular complexity index is 416. The molecule has 0 radical (unpaired) electrons. The first-order chi connectivity index (χ1) is 7.59. The van der Waals surface area contributed by atoms with Crippen molar-refractivity contribution in [2.24, 2.45) is 5.73 Å². The maximum Gasteiger partial charge on any atom is 0.0576 e. The summed E-state index contributed by atoms with van der Waals surface area (Å²) in [5, 5.41) is 0.155. The van der Waals surface area contributed by atoms with E-state index >= 15 is 0 Å². The molecule has 2 rings (SSSR count). The molecule has 2 N–H and O–H groups in total. The van der Waals surface area contributed by atoms with Crippen molar-refractivity contribution in [3.63, 3.8) is 0 Å². The lowest BCUT2D eigenvalue weighted by atomic mass is 10.1. The van der Waals surface area contributed by atoms with Crippen molar-refractivity contribution in [1.82, 2.24) is 0 Å². The summed E-state index contributed by atoms with van der Waals surface area (Å²) < 4.78 is 12.4. The molecule has 1 saturated carbocycles. The largest absolute Gasteiger partial charge is 0.327 e. The Morgan fingerprint density at radius 3 is 2.56 bits per heavy atom. The Morgan fingerprint density at radius 1 is 1.25 bits per heavy atom. The van der Waals surface area contributed by atoms with E-state index in [1.54, 1.807) is 0 Å². The fourth-order valence-corrected chi connectivity index (χ4v) is 3.91. The van der Waals surface area contributed by atoms with Gasteiger partial charge in [-0.2, -0.15) is 0 Å². The van der Waals surface area contributed by atoms with E-state index in [0.29, 0.717) is 0 Å². The average Bonchev–Trinajstić information content (AvgIpc) is 2.67. The first-order valence-corrected chi connectivity index (χ1v) is 7.04. The van der Waals surface area contributed by atoms with E-state index in [4.69, 9.17) is 5.73 Å². The topological polar surface area (TPSA) is 43.1 Å². The minimum absolute atomic E-state index is 0.113. The van der Waals surface area contributed by atoms with Crippen LogP contribution in [0.25, 0.3) is 0 Å². The van der Waals surface area contributed by atoms with Crippen LogP contribution in [-0.4, -0.2) is 15.5 Å². The van der Waals surface area contributed by atoms with Crippen LogP contribution in [0.3, 0.4) is 0 Å². The van der Waals surface area contributed by atoms with Gasteiger partial charge in [0.15, 0.2) is 0 Å². The third-order valence-corrected chi connectivity index (χ3v) is 5.34. The Morgan fingerprint density at radius 2 is 2.00 bits per heavy atom. The molecule has 0 aliphatic heterocycles. The van der Waals surface area contributed by atoms with E-state index in [1.807, 2.05) is 18.2 Å². The second-order valence-corrected chi connectivity index (χ2v) is 6.35. The number of rotatable bonds is 2. The number of aryl methyl sites for hydroxylation is 2. The van der Waals surface area contributed by atoms with Crippen LogP contribution >= 0.6 is 0 Å². The monoisotopic (exact) mass is 237 g/mol. The highest BCUT2D eigenvalue weighted by atomic mass is 32.2. The van der Waals surface area contributed by atoms with Gasteiger partial charge >= 0.3 is 0 Å².